The lowest BCUT2D eigenvalue weighted by Gasteiger charge is -2.30. The van der Waals surface area contributed by atoms with Gasteiger partial charge in [0.2, 0.25) is 0 Å². The van der Waals surface area contributed by atoms with Gasteiger partial charge in [-0.3, -0.25) is 4.79 Å². The molecule has 4 heteroatoms. The van der Waals surface area contributed by atoms with Gasteiger partial charge in [-0.05, 0) is 96.0 Å². The summed E-state index contributed by atoms with van der Waals surface area (Å²) in [5.41, 5.74) is 6.02. The van der Waals surface area contributed by atoms with Gasteiger partial charge in [0, 0.05) is 6.42 Å². The molecule has 0 aliphatic heterocycles. The highest BCUT2D eigenvalue weighted by molar-refractivity contribution is 5.70. The predicted molar refractivity (Wildman–Crippen MR) is 144 cm³/mol. The van der Waals surface area contributed by atoms with E-state index in [1.807, 2.05) is 50.2 Å². The number of carbonyl (C=O) groups is 1. The van der Waals surface area contributed by atoms with Gasteiger partial charge in [0.05, 0.1) is 5.60 Å². The molecular formula is C32H38O4. The second kappa shape index (κ2) is 10.5. The monoisotopic (exact) mass is 486 g/mol. The van der Waals surface area contributed by atoms with Crippen LogP contribution < -0.4 is 4.74 Å². The molecule has 0 heterocycles. The highest BCUT2D eigenvalue weighted by atomic mass is 16.5. The number of aliphatic hydroxyl groups is 1. The summed E-state index contributed by atoms with van der Waals surface area (Å²) < 4.78 is 6.14. The van der Waals surface area contributed by atoms with Crippen LogP contribution in [0, 0.1) is 5.41 Å². The molecule has 1 saturated carbocycles. The van der Waals surface area contributed by atoms with Crippen molar-refractivity contribution in [3.05, 3.63) is 89.0 Å². The average Bonchev–Trinajstić information content (AvgIpc) is 3.20. The standard InChI is InChI=1S/C32H38O4/c1-31(2)17-7-12-29(31)28-19-23(21-36-26-11-5-8-22(18-26)14-16-30(33)34)13-15-27(28)24-9-6-10-25(20-24)32(3,4)35/h5-6,8-11,13,15,18-20,29,35H,7,12,14,16-17,21H2,1-4H3,(H,33,34)/t29-/m0/s1. The van der Waals surface area contributed by atoms with E-state index in [-0.39, 0.29) is 11.8 Å². The van der Waals surface area contributed by atoms with Gasteiger partial charge in [-0.25, -0.2) is 0 Å². The Morgan fingerprint density at radius 2 is 1.81 bits per heavy atom. The molecule has 4 nitrogen and oxygen atoms in total. The number of hydrogen-bond acceptors (Lipinski definition) is 3. The smallest absolute Gasteiger partial charge is 0.303 e. The van der Waals surface area contributed by atoms with Gasteiger partial charge in [0.25, 0.3) is 0 Å². The fraction of sp³-hybridized carbons (Fsp3) is 0.406. The summed E-state index contributed by atoms with van der Waals surface area (Å²) in [6, 6.07) is 22.6. The zero-order valence-corrected chi connectivity index (χ0v) is 21.9. The van der Waals surface area contributed by atoms with Crippen LogP contribution in [-0.4, -0.2) is 16.2 Å². The third kappa shape index (κ3) is 6.17. The van der Waals surface area contributed by atoms with Crippen LogP contribution in [0.15, 0.2) is 66.7 Å². The van der Waals surface area contributed by atoms with Crippen LogP contribution in [0.4, 0.5) is 0 Å². The number of carboxylic acid groups (broad SMARTS) is 1. The van der Waals surface area contributed by atoms with Crippen LogP contribution in [0.1, 0.15) is 81.5 Å². The molecular weight excluding hydrogens is 448 g/mol. The number of rotatable bonds is 9. The number of carboxylic acids is 1. The van der Waals surface area contributed by atoms with E-state index < -0.39 is 11.6 Å². The van der Waals surface area contributed by atoms with Gasteiger partial charge < -0.3 is 14.9 Å². The Hall–Kier alpha value is -3.11. The minimum atomic E-state index is -0.893. The summed E-state index contributed by atoms with van der Waals surface area (Å²) in [6.45, 7) is 8.84. The third-order valence-electron chi connectivity index (χ3n) is 7.56. The van der Waals surface area contributed by atoms with Gasteiger partial charge in [0.15, 0.2) is 0 Å². The Morgan fingerprint density at radius 1 is 1.03 bits per heavy atom. The molecule has 0 aromatic heterocycles. The van der Waals surface area contributed by atoms with Crippen LogP contribution in [0.3, 0.4) is 0 Å². The van der Waals surface area contributed by atoms with Gasteiger partial charge in [-0.2, -0.15) is 0 Å². The molecule has 3 aromatic rings. The van der Waals surface area contributed by atoms with Crippen LogP contribution in [0.25, 0.3) is 11.1 Å². The SMILES string of the molecule is CC(C)(O)c1cccc(-c2ccc(COc3cccc(CCC(=O)O)c3)cc2[C@@H]2CCCC2(C)C)c1. The van der Waals surface area contributed by atoms with E-state index in [0.717, 1.165) is 28.0 Å². The summed E-state index contributed by atoms with van der Waals surface area (Å²) in [6.07, 6.45) is 4.21. The summed E-state index contributed by atoms with van der Waals surface area (Å²) in [7, 11) is 0. The maximum absolute atomic E-state index is 10.9. The molecule has 1 aliphatic carbocycles. The van der Waals surface area contributed by atoms with Gasteiger partial charge in [-0.15, -0.1) is 0 Å². The largest absolute Gasteiger partial charge is 0.489 e. The van der Waals surface area contributed by atoms with E-state index >= 15 is 0 Å². The van der Waals surface area contributed by atoms with E-state index in [4.69, 9.17) is 9.84 Å². The first-order valence-corrected chi connectivity index (χ1v) is 12.9. The van der Waals surface area contributed by atoms with E-state index in [1.165, 1.54) is 30.4 Å². The lowest BCUT2D eigenvalue weighted by Crippen LogP contribution is -2.17. The van der Waals surface area contributed by atoms with Crippen LogP contribution in [0.2, 0.25) is 0 Å². The van der Waals surface area contributed by atoms with Crippen LogP contribution in [-0.2, 0) is 23.4 Å². The fourth-order valence-electron chi connectivity index (χ4n) is 5.43. The quantitative estimate of drug-likeness (QED) is 0.329. The third-order valence-corrected chi connectivity index (χ3v) is 7.56. The van der Waals surface area contributed by atoms with Crippen molar-refractivity contribution in [3.63, 3.8) is 0 Å². The highest BCUT2D eigenvalue weighted by Gasteiger charge is 2.37. The van der Waals surface area contributed by atoms with Gasteiger partial charge in [0.1, 0.15) is 12.4 Å². The molecule has 4 rings (SSSR count). The summed E-state index contributed by atoms with van der Waals surface area (Å²) in [5, 5.41) is 19.5. The Labute approximate surface area is 215 Å². The first-order chi connectivity index (χ1) is 17.0. The van der Waals surface area contributed by atoms with Crippen molar-refractivity contribution in [2.45, 2.75) is 77.9 Å². The topological polar surface area (TPSA) is 66.8 Å². The second-order valence-electron chi connectivity index (χ2n) is 11.3. The van der Waals surface area contributed by atoms with Crippen molar-refractivity contribution < 1.29 is 19.7 Å². The normalized spacial score (nSPS) is 17.2. The van der Waals surface area contributed by atoms with Gasteiger partial charge >= 0.3 is 5.97 Å². The molecule has 0 amide bonds. The Bertz CT molecular complexity index is 1220. The van der Waals surface area contributed by atoms with Crippen molar-refractivity contribution in [2.75, 3.05) is 0 Å². The van der Waals surface area contributed by atoms with E-state index in [2.05, 4.69) is 44.2 Å². The zero-order chi connectivity index (χ0) is 25.9. The molecule has 0 unspecified atom stereocenters. The van der Waals surface area contributed by atoms with Crippen LogP contribution in [0.5, 0.6) is 5.75 Å². The number of aryl methyl sites for hydroxylation is 1. The molecule has 1 atom stereocenters. The molecule has 0 saturated heterocycles. The van der Waals surface area contributed by atoms with Crippen molar-refractivity contribution in [2.24, 2.45) is 5.41 Å². The first kappa shape index (κ1) is 26.0. The number of ether oxygens (including phenoxy) is 1. The maximum Gasteiger partial charge on any atom is 0.303 e. The molecule has 0 bridgehead atoms. The second-order valence-corrected chi connectivity index (χ2v) is 11.3. The van der Waals surface area contributed by atoms with Crippen molar-refractivity contribution >= 4 is 5.97 Å². The number of benzene rings is 3. The summed E-state index contributed by atoms with van der Waals surface area (Å²) in [4.78, 5) is 10.9. The molecule has 0 spiro atoms. The molecule has 0 radical (unpaired) electrons. The number of aliphatic carboxylic acids is 1. The molecule has 1 fully saturated rings. The average molecular weight is 487 g/mol. The van der Waals surface area contributed by atoms with Crippen molar-refractivity contribution in [3.8, 4) is 16.9 Å². The molecule has 36 heavy (non-hydrogen) atoms. The molecule has 190 valence electrons. The van der Waals surface area contributed by atoms with E-state index in [9.17, 15) is 9.90 Å². The maximum atomic E-state index is 10.9. The van der Waals surface area contributed by atoms with Crippen molar-refractivity contribution in [1.29, 1.82) is 0 Å². The number of hydrogen-bond donors (Lipinski definition) is 2. The fourth-order valence-corrected chi connectivity index (χ4v) is 5.43. The van der Waals surface area contributed by atoms with Crippen molar-refractivity contribution in [1.82, 2.24) is 0 Å². The van der Waals surface area contributed by atoms with E-state index in [1.54, 1.807) is 0 Å². The lowest BCUT2D eigenvalue weighted by atomic mass is 9.75. The zero-order valence-electron chi connectivity index (χ0n) is 21.9. The highest BCUT2D eigenvalue weighted by Crippen LogP contribution is 2.51. The summed E-state index contributed by atoms with van der Waals surface area (Å²) in [5.74, 6) is 0.414. The molecule has 1 aliphatic rings. The summed E-state index contributed by atoms with van der Waals surface area (Å²) >= 11 is 0. The lowest BCUT2D eigenvalue weighted by molar-refractivity contribution is -0.136. The first-order valence-electron chi connectivity index (χ1n) is 12.9. The minimum absolute atomic E-state index is 0.111. The Kier molecular flexibility index (Phi) is 7.56. The van der Waals surface area contributed by atoms with Crippen LogP contribution >= 0.6 is 0 Å². The van der Waals surface area contributed by atoms with Gasteiger partial charge in [-0.1, -0.05) is 68.8 Å². The minimum Gasteiger partial charge on any atom is -0.489 e. The van der Waals surface area contributed by atoms with E-state index in [0.29, 0.717) is 18.9 Å². The molecule has 2 N–H and O–H groups in total. The Morgan fingerprint density at radius 3 is 2.50 bits per heavy atom. The Balaban J connectivity index is 1.63. The molecule has 3 aromatic carbocycles. The predicted octanol–water partition coefficient (Wildman–Crippen LogP) is 7.47.